The highest BCUT2D eigenvalue weighted by molar-refractivity contribution is 5.72. The second-order valence-electron chi connectivity index (χ2n) is 2.76. The first-order chi connectivity index (χ1) is 6.52. The van der Waals surface area contributed by atoms with Crippen molar-refractivity contribution in [2.45, 2.75) is 31.2 Å². The highest BCUT2D eigenvalue weighted by Crippen LogP contribution is 2.28. The van der Waals surface area contributed by atoms with Crippen LogP contribution < -0.4 is 11.1 Å². The number of halogens is 6. The predicted octanol–water partition coefficient (Wildman–Crippen LogP) is 1.93. The van der Waals surface area contributed by atoms with E-state index in [4.69, 9.17) is 0 Å². The third-order valence-corrected chi connectivity index (χ3v) is 1.43. The van der Waals surface area contributed by atoms with Crippen LogP contribution >= 0.6 is 0 Å². The molecule has 3 N–H and O–H groups in total. The van der Waals surface area contributed by atoms with E-state index >= 15 is 0 Å². The summed E-state index contributed by atoms with van der Waals surface area (Å²) in [6, 6.07) is -4.09. The largest absolute Gasteiger partial charge is 0.408 e. The Morgan fingerprint density at radius 2 is 1.67 bits per heavy atom. The zero-order valence-electron chi connectivity index (χ0n) is 7.24. The molecular formula is C6H8F6N2O. The van der Waals surface area contributed by atoms with E-state index in [1.54, 1.807) is 0 Å². The number of hydrogen-bond donors (Lipinski definition) is 2. The number of nitrogens with two attached hydrogens (primary N) is 1. The van der Waals surface area contributed by atoms with Crippen molar-refractivity contribution in [1.82, 2.24) is 5.32 Å². The number of primary amides is 1. The van der Waals surface area contributed by atoms with Gasteiger partial charge in [-0.15, -0.1) is 0 Å². The van der Waals surface area contributed by atoms with Gasteiger partial charge in [0.05, 0.1) is 0 Å². The molecule has 9 heteroatoms. The van der Waals surface area contributed by atoms with E-state index in [1.807, 2.05) is 0 Å². The first-order valence-electron chi connectivity index (χ1n) is 3.72. The second-order valence-corrected chi connectivity index (χ2v) is 2.76. The average molecular weight is 238 g/mol. The maximum atomic E-state index is 12.0. The first kappa shape index (κ1) is 13.8. The summed E-state index contributed by atoms with van der Waals surface area (Å²) in [7, 11) is 0. The zero-order valence-corrected chi connectivity index (χ0v) is 7.24. The van der Waals surface area contributed by atoms with Gasteiger partial charge in [0, 0.05) is 6.42 Å². The van der Waals surface area contributed by atoms with Gasteiger partial charge in [0.2, 0.25) is 0 Å². The van der Waals surface area contributed by atoms with E-state index in [0.717, 1.165) is 0 Å². The Labute approximate surface area is 80.6 Å². The highest BCUT2D eigenvalue weighted by atomic mass is 19.4. The number of urea groups is 1. The predicted molar refractivity (Wildman–Crippen MR) is 37.9 cm³/mol. The van der Waals surface area contributed by atoms with Gasteiger partial charge in [-0.1, -0.05) is 0 Å². The van der Waals surface area contributed by atoms with Gasteiger partial charge in [-0.3, -0.25) is 0 Å². The molecule has 0 spiro atoms. The normalized spacial score (nSPS) is 14.8. The maximum Gasteiger partial charge on any atom is 0.408 e. The number of nitrogens with one attached hydrogen (secondary N) is 1. The Hall–Kier alpha value is -1.15. The fourth-order valence-corrected chi connectivity index (χ4v) is 0.797. The third-order valence-electron chi connectivity index (χ3n) is 1.43. The summed E-state index contributed by atoms with van der Waals surface area (Å²) in [6.45, 7) is 0. The van der Waals surface area contributed by atoms with Crippen molar-refractivity contribution in [2.24, 2.45) is 5.73 Å². The van der Waals surface area contributed by atoms with Crippen LogP contribution in [0.3, 0.4) is 0 Å². The second kappa shape index (κ2) is 4.58. The van der Waals surface area contributed by atoms with Crippen LogP contribution in [0.2, 0.25) is 0 Å². The van der Waals surface area contributed by atoms with Crippen molar-refractivity contribution in [1.29, 1.82) is 0 Å². The van der Waals surface area contributed by atoms with Crippen LogP contribution in [-0.2, 0) is 0 Å². The number of rotatable bonds is 3. The van der Waals surface area contributed by atoms with E-state index in [9.17, 15) is 31.1 Å². The van der Waals surface area contributed by atoms with Crippen LogP contribution in [0.1, 0.15) is 12.8 Å². The lowest BCUT2D eigenvalue weighted by molar-refractivity contribution is -0.170. The summed E-state index contributed by atoms with van der Waals surface area (Å²) in [6.07, 6.45) is -12.6. The van der Waals surface area contributed by atoms with Crippen LogP contribution in [0.5, 0.6) is 0 Å². The number of carbonyl (C=O) groups is 1. The highest BCUT2D eigenvalue weighted by Gasteiger charge is 2.42. The Bertz CT molecular complexity index is 223. The van der Waals surface area contributed by atoms with Gasteiger partial charge >= 0.3 is 18.4 Å². The molecule has 0 radical (unpaired) electrons. The lowest BCUT2D eigenvalue weighted by Gasteiger charge is -2.20. The molecule has 1 atom stereocenters. The van der Waals surface area contributed by atoms with Gasteiger partial charge < -0.3 is 11.1 Å². The molecule has 3 nitrogen and oxygen atoms in total. The summed E-state index contributed by atoms with van der Waals surface area (Å²) in [5.74, 6) is 0. The molecule has 0 saturated heterocycles. The van der Waals surface area contributed by atoms with Crippen molar-refractivity contribution in [3.8, 4) is 0 Å². The van der Waals surface area contributed by atoms with Gasteiger partial charge in [0.1, 0.15) is 6.04 Å². The molecule has 0 aromatic carbocycles. The molecule has 0 aliphatic carbocycles. The van der Waals surface area contributed by atoms with Crippen molar-refractivity contribution < 1.29 is 31.1 Å². The van der Waals surface area contributed by atoms with Crippen molar-refractivity contribution in [2.75, 3.05) is 0 Å². The maximum absolute atomic E-state index is 12.0. The molecule has 90 valence electrons. The smallest absolute Gasteiger partial charge is 0.352 e. The number of hydrogen-bond acceptors (Lipinski definition) is 1. The quantitative estimate of drug-likeness (QED) is 0.725. The molecule has 0 aliphatic heterocycles. The van der Waals surface area contributed by atoms with Gasteiger partial charge in [-0.2, -0.15) is 26.3 Å². The van der Waals surface area contributed by atoms with Crippen LogP contribution in [0.25, 0.3) is 0 Å². The molecule has 0 rings (SSSR count). The van der Waals surface area contributed by atoms with Crippen molar-refractivity contribution >= 4 is 6.03 Å². The molecule has 0 aromatic rings. The standard InChI is InChI=1S/C6H8F6N2O/c7-5(8,9)2-1-3(6(10,11)12)14-4(13)15/h3H,1-2H2,(H3,13,14,15)/t3-/m0/s1. The van der Waals surface area contributed by atoms with Crippen LogP contribution in [0.15, 0.2) is 0 Å². The van der Waals surface area contributed by atoms with Gasteiger partial charge in [0.25, 0.3) is 0 Å². The summed E-state index contributed by atoms with van der Waals surface area (Å²) in [5, 5.41) is 1.21. The molecule has 2 amide bonds. The van der Waals surface area contributed by atoms with Gasteiger partial charge in [-0.25, -0.2) is 4.79 Å². The molecule has 0 aromatic heterocycles. The van der Waals surface area contributed by atoms with Gasteiger partial charge in [0.15, 0.2) is 0 Å². The van der Waals surface area contributed by atoms with E-state index in [1.165, 1.54) is 5.32 Å². The summed E-state index contributed by atoms with van der Waals surface area (Å²) in [5.41, 5.74) is 4.40. The minimum absolute atomic E-state index is 1.21. The summed E-state index contributed by atoms with van der Waals surface area (Å²) >= 11 is 0. The SMILES string of the molecule is NC(=O)N[C@@H](CCC(F)(F)F)C(F)(F)F. The minimum Gasteiger partial charge on any atom is -0.352 e. The van der Waals surface area contributed by atoms with Crippen LogP contribution in [0, 0.1) is 0 Å². The zero-order chi connectivity index (χ0) is 12.3. The molecule has 0 heterocycles. The van der Waals surface area contributed by atoms with Crippen molar-refractivity contribution in [3.63, 3.8) is 0 Å². The first-order valence-corrected chi connectivity index (χ1v) is 3.72. The van der Waals surface area contributed by atoms with Crippen LogP contribution in [0.4, 0.5) is 31.1 Å². The monoisotopic (exact) mass is 238 g/mol. The number of amides is 2. The molecule has 0 unspecified atom stereocenters. The average Bonchev–Trinajstić information content (AvgIpc) is 1.93. The third kappa shape index (κ3) is 6.86. The lowest BCUT2D eigenvalue weighted by atomic mass is 10.1. The summed E-state index contributed by atoms with van der Waals surface area (Å²) in [4.78, 5) is 10.1. The Kier molecular flexibility index (Phi) is 4.23. The minimum atomic E-state index is -4.94. The number of carbonyl (C=O) groups excluding carboxylic acids is 1. The topological polar surface area (TPSA) is 55.1 Å². The Morgan fingerprint density at radius 3 is 1.93 bits per heavy atom. The number of alkyl halides is 6. The molecular weight excluding hydrogens is 230 g/mol. The Morgan fingerprint density at radius 1 is 1.20 bits per heavy atom. The summed E-state index contributed by atoms with van der Waals surface area (Å²) < 4.78 is 70.9. The molecule has 0 bridgehead atoms. The molecule has 0 saturated carbocycles. The van der Waals surface area contributed by atoms with E-state index in [-0.39, 0.29) is 0 Å². The van der Waals surface area contributed by atoms with Crippen molar-refractivity contribution in [3.05, 3.63) is 0 Å². The van der Waals surface area contributed by atoms with E-state index < -0.39 is 37.3 Å². The molecule has 0 aliphatic rings. The fraction of sp³-hybridized carbons (Fsp3) is 0.833. The lowest BCUT2D eigenvalue weighted by Crippen LogP contribution is -2.48. The van der Waals surface area contributed by atoms with Gasteiger partial charge in [-0.05, 0) is 6.42 Å². The molecule has 15 heavy (non-hydrogen) atoms. The fourth-order valence-electron chi connectivity index (χ4n) is 0.797. The Balaban J connectivity index is 4.33. The van der Waals surface area contributed by atoms with E-state index in [0.29, 0.717) is 0 Å². The van der Waals surface area contributed by atoms with E-state index in [2.05, 4.69) is 5.73 Å². The van der Waals surface area contributed by atoms with Crippen LogP contribution in [-0.4, -0.2) is 24.4 Å². The molecule has 0 fully saturated rings.